The summed E-state index contributed by atoms with van der Waals surface area (Å²) >= 11 is 10.8. The molecule has 0 spiro atoms. The van der Waals surface area contributed by atoms with E-state index in [2.05, 4.69) is 31.6 Å². The highest BCUT2D eigenvalue weighted by Crippen LogP contribution is 2.33. The number of aromatic nitrogens is 2. The van der Waals surface area contributed by atoms with Gasteiger partial charge in [-0.15, -0.1) is 0 Å². The van der Waals surface area contributed by atoms with Crippen molar-refractivity contribution in [2.45, 2.75) is 0 Å². The summed E-state index contributed by atoms with van der Waals surface area (Å²) in [6.45, 7) is 0. The van der Waals surface area contributed by atoms with Gasteiger partial charge in [-0.2, -0.15) is 0 Å². The van der Waals surface area contributed by atoms with E-state index in [4.69, 9.17) is 43.0 Å². The van der Waals surface area contributed by atoms with Crippen molar-refractivity contribution in [2.75, 3.05) is 73.5 Å². The van der Waals surface area contributed by atoms with Gasteiger partial charge in [0.15, 0.2) is 33.0 Å². The van der Waals surface area contributed by atoms with Gasteiger partial charge in [-0.25, -0.2) is 0 Å². The molecule has 2 aromatic heterocycles. The van der Waals surface area contributed by atoms with Crippen LogP contribution in [-0.2, 0) is 0 Å². The van der Waals surface area contributed by atoms with E-state index in [1.165, 1.54) is 0 Å². The number of thiocarbonyl (C=S) groups is 2. The molecule has 0 aliphatic heterocycles. The highest BCUT2D eigenvalue weighted by atomic mass is 32.1. The van der Waals surface area contributed by atoms with Crippen molar-refractivity contribution >= 4 is 91.0 Å². The van der Waals surface area contributed by atoms with Gasteiger partial charge in [0.25, 0.3) is 0 Å². The molecule has 12 nitrogen and oxygen atoms in total. The van der Waals surface area contributed by atoms with Gasteiger partial charge in [-0.3, -0.25) is 0 Å². The molecule has 14 heteroatoms. The lowest BCUT2D eigenvalue weighted by Gasteiger charge is -2.15. The number of benzene rings is 4. The summed E-state index contributed by atoms with van der Waals surface area (Å²) in [5, 5.41) is 23.2. The van der Waals surface area contributed by atoms with Gasteiger partial charge >= 0.3 is 0 Å². The minimum absolute atomic E-state index is 0.406. The fourth-order valence-electron chi connectivity index (χ4n) is 4.82. The number of anilines is 6. The third-order valence-corrected chi connectivity index (χ3v) is 7.49. The standard InChI is InChI=1S/2C17H18N4O2S/c1-21(2)12-8-6-10-14-15(12)16(20-23-14)19-17(24)18-11-7-4-5-9-13(11)22-3;1-21(2)13-5-4-6-14-15(13)16(20-23-14)19-17(24)18-11-7-9-12(22-3)10-8-11/h2*4-10H,1-3H3,(H2,18,19,20,24). The summed E-state index contributed by atoms with van der Waals surface area (Å²) in [6.07, 6.45) is 0. The monoisotopic (exact) mass is 684 g/mol. The second-order valence-corrected chi connectivity index (χ2v) is 11.6. The quantitative estimate of drug-likeness (QED) is 0.119. The number of ether oxygens (including phenoxy) is 2. The molecule has 0 saturated carbocycles. The molecule has 0 bridgehead atoms. The molecule has 0 radical (unpaired) electrons. The number of nitrogens with one attached hydrogen (secondary N) is 4. The number of hydrogen-bond donors (Lipinski definition) is 4. The molecule has 6 rings (SSSR count). The fourth-order valence-corrected chi connectivity index (χ4v) is 5.24. The SMILES string of the molecule is COc1ccc(NC(=S)Nc2noc3cccc(N(C)C)c23)cc1.COc1ccccc1NC(=S)Nc1noc2cccc(N(C)C)c12. The number of para-hydroxylation sites is 2. The zero-order chi connectivity index (χ0) is 34.2. The van der Waals surface area contributed by atoms with E-state index in [9.17, 15) is 0 Å². The van der Waals surface area contributed by atoms with Gasteiger partial charge in [-0.05, 0) is 85.1 Å². The molecule has 0 aliphatic carbocycles. The Balaban J connectivity index is 0.000000188. The van der Waals surface area contributed by atoms with Crippen molar-refractivity contribution in [3.8, 4) is 11.5 Å². The molecule has 4 N–H and O–H groups in total. The molecule has 0 amide bonds. The lowest BCUT2D eigenvalue weighted by atomic mass is 10.2. The third-order valence-electron chi connectivity index (χ3n) is 7.08. The van der Waals surface area contributed by atoms with E-state index in [0.29, 0.717) is 38.8 Å². The minimum Gasteiger partial charge on any atom is -0.497 e. The topological polar surface area (TPSA) is 125 Å². The number of methoxy groups -OCH3 is 2. The van der Waals surface area contributed by atoms with Gasteiger partial charge in [0.1, 0.15) is 11.5 Å². The van der Waals surface area contributed by atoms with Crippen LogP contribution in [0.5, 0.6) is 11.5 Å². The van der Waals surface area contributed by atoms with Crippen LogP contribution in [-0.4, -0.2) is 62.9 Å². The molecule has 0 aliphatic rings. The first-order chi connectivity index (χ1) is 23.2. The Bertz CT molecular complexity index is 2030. The summed E-state index contributed by atoms with van der Waals surface area (Å²) in [4.78, 5) is 4.01. The van der Waals surface area contributed by atoms with Crippen molar-refractivity contribution in [2.24, 2.45) is 0 Å². The maximum Gasteiger partial charge on any atom is 0.185 e. The van der Waals surface area contributed by atoms with Crippen LogP contribution < -0.4 is 40.5 Å². The molecule has 0 unspecified atom stereocenters. The molecule has 48 heavy (non-hydrogen) atoms. The fraction of sp³-hybridized carbons (Fsp3) is 0.176. The van der Waals surface area contributed by atoms with Crippen LogP contribution in [0.1, 0.15) is 0 Å². The Kier molecular flexibility index (Phi) is 10.8. The molecular weight excluding hydrogens is 649 g/mol. The Morgan fingerprint density at radius 3 is 1.62 bits per heavy atom. The lowest BCUT2D eigenvalue weighted by Crippen LogP contribution is -2.20. The normalized spacial score (nSPS) is 10.5. The van der Waals surface area contributed by atoms with Crippen LogP contribution in [0.2, 0.25) is 0 Å². The van der Waals surface area contributed by atoms with Crippen LogP contribution in [0, 0.1) is 0 Å². The van der Waals surface area contributed by atoms with E-state index >= 15 is 0 Å². The van der Waals surface area contributed by atoms with E-state index in [-0.39, 0.29) is 0 Å². The maximum absolute atomic E-state index is 5.39. The summed E-state index contributed by atoms with van der Waals surface area (Å²) in [6, 6.07) is 26.7. The third kappa shape index (κ3) is 7.85. The van der Waals surface area contributed by atoms with Crippen molar-refractivity contribution in [1.82, 2.24) is 10.3 Å². The number of rotatable bonds is 8. The molecule has 0 saturated heterocycles. The predicted molar refractivity (Wildman–Crippen MR) is 202 cm³/mol. The molecule has 0 fully saturated rings. The van der Waals surface area contributed by atoms with Gasteiger partial charge in [0.2, 0.25) is 0 Å². The van der Waals surface area contributed by atoms with Crippen molar-refractivity contribution in [1.29, 1.82) is 0 Å². The first-order valence-electron chi connectivity index (χ1n) is 14.7. The highest BCUT2D eigenvalue weighted by Gasteiger charge is 2.16. The van der Waals surface area contributed by atoms with E-state index in [1.807, 2.05) is 123 Å². The largest absolute Gasteiger partial charge is 0.497 e. The van der Waals surface area contributed by atoms with Crippen LogP contribution >= 0.6 is 24.4 Å². The number of fused-ring (bicyclic) bond motifs is 2. The highest BCUT2D eigenvalue weighted by molar-refractivity contribution is 7.81. The Morgan fingerprint density at radius 2 is 1.12 bits per heavy atom. The summed E-state index contributed by atoms with van der Waals surface area (Å²) in [5.74, 6) is 2.65. The summed E-state index contributed by atoms with van der Waals surface area (Å²) < 4.78 is 21.2. The van der Waals surface area contributed by atoms with Crippen LogP contribution in [0.15, 0.2) is 94.0 Å². The van der Waals surface area contributed by atoms with E-state index in [1.54, 1.807) is 14.2 Å². The Morgan fingerprint density at radius 1 is 0.604 bits per heavy atom. The zero-order valence-electron chi connectivity index (χ0n) is 27.3. The smallest absolute Gasteiger partial charge is 0.185 e. The first kappa shape index (κ1) is 33.8. The van der Waals surface area contributed by atoms with Crippen molar-refractivity contribution in [3.63, 3.8) is 0 Å². The van der Waals surface area contributed by atoms with Gasteiger partial charge in [0, 0.05) is 33.9 Å². The predicted octanol–water partition coefficient (Wildman–Crippen LogP) is 7.42. The van der Waals surface area contributed by atoms with E-state index in [0.717, 1.165) is 39.3 Å². The van der Waals surface area contributed by atoms with Gasteiger partial charge < -0.3 is 49.6 Å². The maximum atomic E-state index is 5.39. The second kappa shape index (κ2) is 15.3. The van der Waals surface area contributed by atoms with Crippen LogP contribution in [0.4, 0.5) is 34.4 Å². The zero-order valence-corrected chi connectivity index (χ0v) is 29.0. The molecular formula is C34H36N8O4S2. The number of hydrogen-bond acceptors (Lipinski definition) is 10. The Labute approximate surface area is 288 Å². The molecule has 6 aromatic rings. The summed E-state index contributed by atoms with van der Waals surface area (Å²) in [5.41, 5.74) is 5.03. The molecule has 0 atom stereocenters. The first-order valence-corrected chi connectivity index (χ1v) is 15.5. The Hall–Kier alpha value is -5.60. The average molecular weight is 685 g/mol. The van der Waals surface area contributed by atoms with Crippen LogP contribution in [0.3, 0.4) is 0 Å². The minimum atomic E-state index is 0.406. The second-order valence-electron chi connectivity index (χ2n) is 10.7. The number of nitrogens with zero attached hydrogens (tertiary/aromatic N) is 4. The summed E-state index contributed by atoms with van der Waals surface area (Å²) in [7, 11) is 11.1. The van der Waals surface area contributed by atoms with E-state index < -0.39 is 0 Å². The van der Waals surface area contributed by atoms with Gasteiger partial charge in [0.05, 0.1) is 42.1 Å². The molecule has 248 valence electrons. The lowest BCUT2D eigenvalue weighted by molar-refractivity contribution is 0.415. The van der Waals surface area contributed by atoms with Crippen molar-refractivity contribution < 1.29 is 18.5 Å². The van der Waals surface area contributed by atoms with Crippen molar-refractivity contribution in [3.05, 3.63) is 84.9 Å². The average Bonchev–Trinajstić information content (AvgIpc) is 3.69. The van der Waals surface area contributed by atoms with Gasteiger partial charge in [-0.1, -0.05) is 34.6 Å². The van der Waals surface area contributed by atoms with Crippen LogP contribution in [0.25, 0.3) is 21.9 Å². The molecule has 2 heterocycles. The molecule has 4 aromatic carbocycles.